The van der Waals surface area contributed by atoms with E-state index >= 15 is 0 Å². The molecule has 0 radical (unpaired) electrons. The van der Waals surface area contributed by atoms with Gasteiger partial charge in [-0.1, -0.05) is 30.0 Å². The Labute approximate surface area is 141 Å². The maximum atomic E-state index is 12.6. The number of nitrogens with zero attached hydrogens (tertiary/aromatic N) is 1. The van der Waals surface area contributed by atoms with Gasteiger partial charge in [0, 0.05) is 6.08 Å². The number of carbonyl (C=O) groups excluding carboxylic acids is 1. The molecule has 23 heavy (non-hydrogen) atoms. The van der Waals surface area contributed by atoms with Gasteiger partial charge in [-0.2, -0.15) is 0 Å². The molecule has 0 unspecified atom stereocenters. The fourth-order valence-electron chi connectivity index (χ4n) is 2.16. The summed E-state index contributed by atoms with van der Waals surface area (Å²) in [5, 5.41) is 9.13. The van der Waals surface area contributed by atoms with Gasteiger partial charge in [-0.3, -0.25) is 9.69 Å². The van der Waals surface area contributed by atoms with Crippen LogP contribution in [-0.4, -0.2) is 21.3 Å². The molecule has 116 valence electrons. The molecule has 1 aliphatic rings. The number of amides is 1. The number of rotatable bonds is 3. The van der Waals surface area contributed by atoms with Gasteiger partial charge in [-0.25, -0.2) is 4.79 Å². The first kappa shape index (κ1) is 15.5. The molecule has 0 atom stereocenters. The molecule has 1 aromatic carbocycles. The number of carboxylic acids is 1. The van der Waals surface area contributed by atoms with Crippen LogP contribution < -0.4 is 4.90 Å². The second-order valence-corrected chi connectivity index (χ2v) is 6.51. The van der Waals surface area contributed by atoms with Crippen molar-refractivity contribution in [3.63, 3.8) is 0 Å². The summed E-state index contributed by atoms with van der Waals surface area (Å²) in [6, 6.07) is 8.08. The normalized spacial score (nSPS) is 16.4. The van der Waals surface area contributed by atoms with Crippen LogP contribution in [-0.2, 0) is 4.79 Å². The molecule has 7 heteroatoms. The maximum absolute atomic E-state index is 12.6. The molecule has 1 N–H and O–H groups in total. The highest BCUT2D eigenvalue weighted by molar-refractivity contribution is 8.27. The average molecular weight is 345 g/mol. The van der Waals surface area contributed by atoms with Crippen molar-refractivity contribution in [2.45, 2.75) is 6.92 Å². The molecule has 1 amide bonds. The Balaban J connectivity index is 2.01. The lowest BCUT2D eigenvalue weighted by molar-refractivity contribution is -0.113. The van der Waals surface area contributed by atoms with Crippen molar-refractivity contribution >= 4 is 51.9 Å². The van der Waals surface area contributed by atoms with E-state index in [0.29, 0.717) is 20.7 Å². The maximum Gasteiger partial charge on any atom is 0.335 e. The standard InChI is InChI=1S/C16H11NO4S2/c1-9-4-5-10(15(19)20)7-12(9)17-14(18)13(23-16(17)22)8-11-3-2-6-21-11/h2-8H,1H3,(H,19,20)/b13-8-. The summed E-state index contributed by atoms with van der Waals surface area (Å²) in [6.45, 7) is 1.80. The van der Waals surface area contributed by atoms with Gasteiger partial charge in [0.05, 0.1) is 22.4 Å². The van der Waals surface area contributed by atoms with Gasteiger partial charge < -0.3 is 9.52 Å². The molecule has 3 rings (SSSR count). The van der Waals surface area contributed by atoms with Gasteiger partial charge in [0.25, 0.3) is 5.91 Å². The van der Waals surface area contributed by atoms with Crippen molar-refractivity contribution < 1.29 is 19.1 Å². The quantitative estimate of drug-likeness (QED) is 0.676. The molecule has 1 saturated heterocycles. The fourth-order valence-corrected chi connectivity index (χ4v) is 3.43. The van der Waals surface area contributed by atoms with E-state index in [1.807, 2.05) is 0 Å². The number of carboxylic acid groups (broad SMARTS) is 1. The number of hydrogen-bond acceptors (Lipinski definition) is 5. The fraction of sp³-hybridized carbons (Fsp3) is 0.0625. The minimum Gasteiger partial charge on any atom is -0.478 e. The van der Waals surface area contributed by atoms with Gasteiger partial charge >= 0.3 is 5.97 Å². The summed E-state index contributed by atoms with van der Waals surface area (Å²) < 4.78 is 5.57. The highest BCUT2D eigenvalue weighted by Crippen LogP contribution is 2.37. The number of carbonyl (C=O) groups is 2. The predicted octanol–water partition coefficient (Wildman–Crippen LogP) is 3.69. The molecule has 0 aliphatic carbocycles. The van der Waals surface area contributed by atoms with Gasteiger partial charge in [-0.05, 0) is 36.8 Å². The van der Waals surface area contributed by atoms with Crippen LogP contribution in [0.3, 0.4) is 0 Å². The number of furan rings is 1. The van der Waals surface area contributed by atoms with E-state index in [9.17, 15) is 9.59 Å². The minimum atomic E-state index is -1.05. The van der Waals surface area contributed by atoms with Gasteiger partial charge in [0.15, 0.2) is 4.32 Å². The van der Waals surface area contributed by atoms with Crippen molar-refractivity contribution in [3.8, 4) is 0 Å². The number of hydrogen-bond donors (Lipinski definition) is 1. The van der Waals surface area contributed by atoms with E-state index in [1.54, 1.807) is 31.2 Å². The third-order valence-corrected chi connectivity index (χ3v) is 4.61. The molecular formula is C16H11NO4S2. The van der Waals surface area contributed by atoms with Gasteiger partial charge in [0.2, 0.25) is 0 Å². The lowest BCUT2D eigenvalue weighted by atomic mass is 10.1. The number of aryl methyl sites for hydroxylation is 1. The molecule has 1 fully saturated rings. The zero-order valence-corrected chi connectivity index (χ0v) is 13.6. The SMILES string of the molecule is Cc1ccc(C(=O)O)cc1N1C(=O)/C(=C/c2ccco2)SC1=S. The predicted molar refractivity (Wildman–Crippen MR) is 92.5 cm³/mol. The lowest BCUT2D eigenvalue weighted by Gasteiger charge is -2.17. The number of thiocarbonyl (C=S) groups is 1. The van der Waals surface area contributed by atoms with Crippen molar-refractivity contribution in [1.82, 2.24) is 0 Å². The molecular weight excluding hydrogens is 334 g/mol. The molecule has 2 heterocycles. The van der Waals surface area contributed by atoms with Crippen LogP contribution in [0.15, 0.2) is 45.9 Å². The smallest absolute Gasteiger partial charge is 0.335 e. The van der Waals surface area contributed by atoms with Crippen molar-refractivity contribution in [2.24, 2.45) is 0 Å². The Hall–Kier alpha value is -2.38. The van der Waals surface area contributed by atoms with E-state index in [4.69, 9.17) is 21.7 Å². The molecule has 0 bridgehead atoms. The topological polar surface area (TPSA) is 70.8 Å². The Morgan fingerprint density at radius 2 is 2.17 bits per heavy atom. The van der Waals surface area contributed by atoms with Crippen LogP contribution in [0.4, 0.5) is 5.69 Å². The molecule has 0 spiro atoms. The lowest BCUT2D eigenvalue weighted by Crippen LogP contribution is -2.28. The first-order valence-corrected chi connectivity index (χ1v) is 7.85. The summed E-state index contributed by atoms with van der Waals surface area (Å²) in [4.78, 5) is 25.6. The Kier molecular flexibility index (Phi) is 4.06. The summed E-state index contributed by atoms with van der Waals surface area (Å²) >= 11 is 6.45. The summed E-state index contributed by atoms with van der Waals surface area (Å²) in [6.07, 6.45) is 3.14. The van der Waals surface area contributed by atoms with Crippen LogP contribution in [0.25, 0.3) is 6.08 Å². The second kappa shape index (κ2) is 6.02. The molecule has 2 aromatic rings. The van der Waals surface area contributed by atoms with E-state index in [1.165, 1.54) is 23.3 Å². The first-order chi connectivity index (χ1) is 11.0. The molecule has 5 nitrogen and oxygen atoms in total. The zero-order valence-electron chi connectivity index (χ0n) is 12.0. The van der Waals surface area contributed by atoms with Crippen LogP contribution in [0.2, 0.25) is 0 Å². The number of thioether (sulfide) groups is 1. The first-order valence-electron chi connectivity index (χ1n) is 6.63. The van der Waals surface area contributed by atoms with E-state index in [2.05, 4.69) is 0 Å². The van der Waals surface area contributed by atoms with E-state index < -0.39 is 5.97 Å². The minimum absolute atomic E-state index is 0.106. The highest BCUT2D eigenvalue weighted by atomic mass is 32.2. The van der Waals surface area contributed by atoms with Crippen molar-refractivity contribution in [1.29, 1.82) is 0 Å². The molecule has 1 aliphatic heterocycles. The van der Waals surface area contributed by atoms with Crippen LogP contribution >= 0.6 is 24.0 Å². The van der Waals surface area contributed by atoms with Crippen LogP contribution in [0.5, 0.6) is 0 Å². The van der Waals surface area contributed by atoms with Crippen LogP contribution in [0, 0.1) is 6.92 Å². The summed E-state index contributed by atoms with van der Waals surface area (Å²) in [7, 11) is 0. The Bertz CT molecular complexity index is 840. The Morgan fingerprint density at radius 3 is 2.83 bits per heavy atom. The van der Waals surface area contributed by atoms with E-state index in [0.717, 1.165) is 17.3 Å². The number of benzene rings is 1. The molecule has 0 saturated carbocycles. The van der Waals surface area contributed by atoms with Gasteiger partial charge in [0.1, 0.15) is 5.76 Å². The largest absolute Gasteiger partial charge is 0.478 e. The Morgan fingerprint density at radius 1 is 1.39 bits per heavy atom. The second-order valence-electron chi connectivity index (χ2n) is 4.84. The third kappa shape index (κ3) is 2.93. The molecule has 1 aromatic heterocycles. The number of anilines is 1. The zero-order chi connectivity index (χ0) is 16.6. The monoisotopic (exact) mass is 345 g/mol. The summed E-state index contributed by atoms with van der Waals surface area (Å²) in [5.41, 5.74) is 1.36. The van der Waals surface area contributed by atoms with Crippen LogP contribution in [0.1, 0.15) is 21.7 Å². The van der Waals surface area contributed by atoms with Crippen molar-refractivity contribution in [2.75, 3.05) is 4.90 Å². The summed E-state index contributed by atoms with van der Waals surface area (Å²) in [5.74, 6) is -0.786. The highest BCUT2D eigenvalue weighted by Gasteiger charge is 2.34. The van der Waals surface area contributed by atoms with Crippen molar-refractivity contribution in [3.05, 3.63) is 58.4 Å². The number of aromatic carboxylic acids is 1. The van der Waals surface area contributed by atoms with Gasteiger partial charge in [-0.15, -0.1) is 0 Å². The average Bonchev–Trinajstić information content (AvgIpc) is 3.09. The third-order valence-electron chi connectivity index (χ3n) is 3.31. The van der Waals surface area contributed by atoms with E-state index in [-0.39, 0.29) is 11.5 Å².